The first-order valence-corrected chi connectivity index (χ1v) is 8.98. The maximum absolute atomic E-state index is 12.5. The van der Waals surface area contributed by atoms with Crippen LogP contribution < -0.4 is 5.32 Å². The van der Waals surface area contributed by atoms with Crippen molar-refractivity contribution in [1.82, 2.24) is 0 Å². The molecular weight excluding hydrogens is 360 g/mol. The fourth-order valence-electron chi connectivity index (χ4n) is 2.78. The van der Waals surface area contributed by atoms with Crippen LogP contribution in [0.3, 0.4) is 0 Å². The number of hydrogen-bond donors (Lipinski definition) is 1. The predicted octanol–water partition coefficient (Wildman–Crippen LogP) is 4.52. The van der Waals surface area contributed by atoms with Crippen LogP contribution in [-0.2, 0) is 9.53 Å². The monoisotopic (exact) mass is 384 g/mol. The van der Waals surface area contributed by atoms with E-state index in [9.17, 15) is 19.7 Å². The number of nitrogens with one attached hydrogen (secondary N) is 1. The zero-order valence-electron chi connectivity index (χ0n) is 16.6. The number of para-hydroxylation sites is 1. The average molecular weight is 384 g/mol. The zero-order chi connectivity index (χ0) is 21.0. The lowest BCUT2D eigenvalue weighted by molar-refractivity contribution is -0.385. The Labute approximate surface area is 163 Å². The number of carbonyl (C=O) groups excluding carboxylic acids is 2. The molecule has 0 fully saturated rings. The fourth-order valence-corrected chi connectivity index (χ4v) is 2.78. The molecule has 0 spiro atoms. The van der Waals surface area contributed by atoms with E-state index in [0.717, 1.165) is 17.2 Å². The first-order valence-electron chi connectivity index (χ1n) is 8.98. The molecule has 2 aromatic rings. The summed E-state index contributed by atoms with van der Waals surface area (Å²) >= 11 is 0. The molecule has 7 heteroatoms. The second-order valence-electron chi connectivity index (χ2n) is 6.99. The highest BCUT2D eigenvalue weighted by Crippen LogP contribution is 2.27. The van der Waals surface area contributed by atoms with Crippen LogP contribution in [0.1, 0.15) is 53.7 Å². The minimum Gasteiger partial charge on any atom is -0.449 e. The maximum atomic E-state index is 12.5. The van der Waals surface area contributed by atoms with Crippen molar-refractivity contribution in [3.8, 4) is 0 Å². The Morgan fingerprint density at radius 2 is 1.75 bits per heavy atom. The highest BCUT2D eigenvalue weighted by Gasteiger charge is 2.23. The molecule has 0 heterocycles. The SMILES string of the molecule is Cc1ccc(C(=O)O[C@H](C)C(=O)Nc2c(C)cccc2C(C)C)cc1[N+](=O)[O-]. The van der Waals surface area contributed by atoms with E-state index < -0.39 is 22.9 Å². The summed E-state index contributed by atoms with van der Waals surface area (Å²) in [5.74, 6) is -1.05. The number of ether oxygens (including phenoxy) is 1. The number of esters is 1. The molecule has 0 aliphatic carbocycles. The van der Waals surface area contributed by atoms with Gasteiger partial charge in [0.1, 0.15) is 0 Å². The normalized spacial score (nSPS) is 11.8. The third-order valence-corrected chi connectivity index (χ3v) is 4.47. The largest absolute Gasteiger partial charge is 0.449 e. The Balaban J connectivity index is 2.14. The number of nitro groups is 1. The molecule has 0 bridgehead atoms. The molecule has 2 rings (SSSR count). The molecule has 28 heavy (non-hydrogen) atoms. The Kier molecular flexibility index (Phi) is 6.51. The second kappa shape index (κ2) is 8.65. The van der Waals surface area contributed by atoms with Crippen LogP contribution in [0, 0.1) is 24.0 Å². The lowest BCUT2D eigenvalue weighted by Gasteiger charge is -2.19. The van der Waals surface area contributed by atoms with E-state index in [-0.39, 0.29) is 17.2 Å². The number of benzene rings is 2. The molecule has 0 aromatic heterocycles. The number of aryl methyl sites for hydroxylation is 2. The molecule has 0 aliphatic rings. The zero-order valence-corrected chi connectivity index (χ0v) is 16.6. The van der Waals surface area contributed by atoms with E-state index in [1.165, 1.54) is 19.1 Å². The van der Waals surface area contributed by atoms with Gasteiger partial charge in [0.2, 0.25) is 0 Å². The molecule has 0 unspecified atom stereocenters. The third-order valence-electron chi connectivity index (χ3n) is 4.47. The summed E-state index contributed by atoms with van der Waals surface area (Å²) in [7, 11) is 0. The molecular formula is C21H24N2O5. The van der Waals surface area contributed by atoms with Gasteiger partial charge < -0.3 is 10.1 Å². The number of hydrogen-bond acceptors (Lipinski definition) is 5. The van der Waals surface area contributed by atoms with E-state index in [1.807, 2.05) is 39.0 Å². The summed E-state index contributed by atoms with van der Waals surface area (Å²) in [6, 6.07) is 9.82. The number of anilines is 1. The second-order valence-corrected chi connectivity index (χ2v) is 6.99. The number of nitro benzene ring substituents is 1. The van der Waals surface area contributed by atoms with Gasteiger partial charge in [-0.25, -0.2) is 4.79 Å². The highest BCUT2D eigenvalue weighted by atomic mass is 16.6. The number of nitrogens with zero attached hydrogens (tertiary/aromatic N) is 1. The van der Waals surface area contributed by atoms with Crippen molar-refractivity contribution in [2.24, 2.45) is 0 Å². The summed E-state index contributed by atoms with van der Waals surface area (Å²) in [5.41, 5.74) is 2.89. The van der Waals surface area contributed by atoms with E-state index in [2.05, 4.69) is 5.32 Å². The lowest BCUT2D eigenvalue weighted by Crippen LogP contribution is -2.30. The van der Waals surface area contributed by atoms with Crippen LogP contribution in [0.25, 0.3) is 0 Å². The van der Waals surface area contributed by atoms with Crippen LogP contribution in [0.2, 0.25) is 0 Å². The van der Waals surface area contributed by atoms with Crippen LogP contribution in [0.5, 0.6) is 0 Å². The lowest BCUT2D eigenvalue weighted by atomic mass is 9.98. The Hall–Kier alpha value is -3.22. The van der Waals surface area contributed by atoms with E-state index in [4.69, 9.17) is 4.74 Å². The van der Waals surface area contributed by atoms with Crippen molar-refractivity contribution in [3.05, 3.63) is 68.8 Å². The van der Waals surface area contributed by atoms with Gasteiger partial charge in [0.25, 0.3) is 11.6 Å². The number of amides is 1. The van der Waals surface area contributed by atoms with Gasteiger partial charge in [-0.15, -0.1) is 0 Å². The standard InChI is InChI=1S/C21H24N2O5/c1-12(2)17-8-6-7-14(4)19(17)22-20(24)15(5)28-21(25)16-10-9-13(3)18(11-16)23(26)27/h6-12,15H,1-5H3,(H,22,24)/t15-/m1/s1. The molecule has 0 saturated heterocycles. The fraction of sp³-hybridized carbons (Fsp3) is 0.333. The molecule has 2 aromatic carbocycles. The van der Waals surface area contributed by atoms with Crippen LogP contribution in [0.4, 0.5) is 11.4 Å². The van der Waals surface area contributed by atoms with Gasteiger partial charge in [0.15, 0.2) is 6.10 Å². The van der Waals surface area contributed by atoms with Gasteiger partial charge in [0.05, 0.1) is 10.5 Å². The summed E-state index contributed by atoms with van der Waals surface area (Å²) < 4.78 is 5.21. The first kappa shape index (κ1) is 21.1. The first-order chi connectivity index (χ1) is 13.1. The average Bonchev–Trinajstić information content (AvgIpc) is 2.62. The molecule has 0 radical (unpaired) electrons. The van der Waals surface area contributed by atoms with Gasteiger partial charge in [-0.1, -0.05) is 38.1 Å². The Morgan fingerprint density at radius 1 is 1.07 bits per heavy atom. The van der Waals surface area contributed by atoms with Gasteiger partial charge >= 0.3 is 5.97 Å². The molecule has 0 aliphatic heterocycles. The van der Waals surface area contributed by atoms with Crippen molar-refractivity contribution in [1.29, 1.82) is 0 Å². The number of carbonyl (C=O) groups is 2. The molecule has 1 N–H and O–H groups in total. The summed E-state index contributed by atoms with van der Waals surface area (Å²) in [6.45, 7) is 8.99. The van der Waals surface area contributed by atoms with Crippen molar-refractivity contribution in [3.63, 3.8) is 0 Å². The Bertz CT molecular complexity index is 921. The minimum atomic E-state index is -1.06. The van der Waals surface area contributed by atoms with Crippen LogP contribution in [0.15, 0.2) is 36.4 Å². The third kappa shape index (κ3) is 4.73. The molecule has 1 atom stereocenters. The molecule has 0 saturated carbocycles. The number of rotatable bonds is 6. The van der Waals surface area contributed by atoms with E-state index >= 15 is 0 Å². The van der Waals surface area contributed by atoms with Crippen molar-refractivity contribution >= 4 is 23.3 Å². The summed E-state index contributed by atoms with van der Waals surface area (Å²) in [6.07, 6.45) is -1.06. The predicted molar refractivity (Wildman–Crippen MR) is 107 cm³/mol. The smallest absolute Gasteiger partial charge is 0.339 e. The van der Waals surface area contributed by atoms with Crippen LogP contribution in [-0.4, -0.2) is 22.9 Å². The van der Waals surface area contributed by atoms with Gasteiger partial charge in [-0.05, 0) is 43.9 Å². The van der Waals surface area contributed by atoms with Gasteiger partial charge in [-0.2, -0.15) is 0 Å². The molecule has 7 nitrogen and oxygen atoms in total. The summed E-state index contributed by atoms with van der Waals surface area (Å²) in [4.78, 5) is 35.3. The maximum Gasteiger partial charge on any atom is 0.339 e. The molecule has 148 valence electrons. The highest BCUT2D eigenvalue weighted by molar-refractivity contribution is 5.98. The summed E-state index contributed by atoms with van der Waals surface area (Å²) in [5, 5.41) is 13.9. The van der Waals surface area contributed by atoms with Crippen molar-refractivity contribution in [2.45, 2.75) is 46.6 Å². The van der Waals surface area contributed by atoms with E-state index in [0.29, 0.717) is 11.3 Å². The van der Waals surface area contributed by atoms with Crippen LogP contribution >= 0.6 is 0 Å². The molecule has 1 amide bonds. The van der Waals surface area contributed by atoms with Crippen molar-refractivity contribution in [2.75, 3.05) is 5.32 Å². The van der Waals surface area contributed by atoms with Gasteiger partial charge in [-0.3, -0.25) is 14.9 Å². The quantitative estimate of drug-likeness (QED) is 0.448. The Morgan fingerprint density at radius 3 is 2.36 bits per heavy atom. The van der Waals surface area contributed by atoms with Crippen molar-refractivity contribution < 1.29 is 19.2 Å². The van der Waals surface area contributed by atoms with E-state index in [1.54, 1.807) is 6.92 Å². The topological polar surface area (TPSA) is 98.5 Å². The minimum absolute atomic E-state index is 0.0238. The van der Waals surface area contributed by atoms with Gasteiger partial charge in [0, 0.05) is 17.3 Å².